The van der Waals surface area contributed by atoms with Crippen LogP contribution in [0.4, 0.5) is 0 Å². The van der Waals surface area contributed by atoms with Gasteiger partial charge in [0, 0.05) is 24.9 Å². The summed E-state index contributed by atoms with van der Waals surface area (Å²) < 4.78 is 5.57. The molecule has 0 unspecified atom stereocenters. The summed E-state index contributed by atoms with van der Waals surface area (Å²) in [5, 5.41) is 3.39. The summed E-state index contributed by atoms with van der Waals surface area (Å²) in [6, 6.07) is 8.17. The van der Waals surface area contributed by atoms with E-state index in [1.54, 1.807) is 6.34 Å². The first-order valence-electron chi connectivity index (χ1n) is 7.17. The molecule has 0 aliphatic carbocycles. The second-order valence-corrected chi connectivity index (χ2v) is 4.95. The van der Waals surface area contributed by atoms with E-state index >= 15 is 0 Å². The Labute approximate surface area is 124 Å². The first kappa shape index (κ1) is 13.5. The van der Waals surface area contributed by atoms with Crippen LogP contribution < -0.4 is 10.1 Å². The lowest BCUT2D eigenvalue weighted by Crippen LogP contribution is -2.21. The molecule has 2 aliphatic heterocycles. The van der Waals surface area contributed by atoms with E-state index < -0.39 is 0 Å². The summed E-state index contributed by atoms with van der Waals surface area (Å²) >= 11 is 0. The highest BCUT2D eigenvalue weighted by molar-refractivity contribution is 6.47. The number of nitrogens with zero attached hydrogens (tertiary/aromatic N) is 3. The molecule has 0 radical (unpaired) electrons. The maximum atomic E-state index is 5.57. The van der Waals surface area contributed by atoms with Crippen LogP contribution in [0.2, 0.25) is 0 Å². The third-order valence-corrected chi connectivity index (χ3v) is 3.27. The molecular weight excluding hydrogens is 264 g/mol. The molecule has 5 heteroatoms. The summed E-state index contributed by atoms with van der Waals surface area (Å²) in [6.07, 6.45) is 5.17. The van der Waals surface area contributed by atoms with Gasteiger partial charge >= 0.3 is 0 Å². The van der Waals surface area contributed by atoms with E-state index in [4.69, 9.17) is 4.74 Å². The highest BCUT2D eigenvalue weighted by Gasteiger charge is 2.17. The lowest BCUT2D eigenvalue weighted by molar-refractivity contribution is 0.317. The molecule has 0 amide bonds. The van der Waals surface area contributed by atoms with Crippen molar-refractivity contribution < 1.29 is 4.74 Å². The van der Waals surface area contributed by atoms with Crippen molar-refractivity contribution >= 4 is 17.9 Å². The third kappa shape index (κ3) is 3.37. The number of hydrogen-bond acceptors (Lipinski definition) is 5. The molecule has 0 aromatic heterocycles. The number of allylic oxidation sites excluding steroid dienone is 1. The summed E-state index contributed by atoms with van der Waals surface area (Å²) in [4.78, 5) is 12.6. The van der Waals surface area contributed by atoms with E-state index in [1.807, 2.05) is 18.3 Å². The van der Waals surface area contributed by atoms with Crippen LogP contribution in [0.3, 0.4) is 0 Å². The second-order valence-electron chi connectivity index (χ2n) is 4.95. The van der Waals surface area contributed by atoms with Crippen molar-refractivity contribution in [3.8, 4) is 5.75 Å². The molecule has 2 heterocycles. The van der Waals surface area contributed by atoms with Gasteiger partial charge in [0.2, 0.25) is 0 Å². The van der Waals surface area contributed by atoms with Gasteiger partial charge < -0.3 is 10.1 Å². The van der Waals surface area contributed by atoms with E-state index in [2.05, 4.69) is 39.4 Å². The minimum atomic E-state index is 0.734. The molecule has 0 bridgehead atoms. The summed E-state index contributed by atoms with van der Waals surface area (Å²) in [6.45, 7) is 3.62. The van der Waals surface area contributed by atoms with Crippen LogP contribution in [0.1, 0.15) is 25.3 Å². The van der Waals surface area contributed by atoms with Gasteiger partial charge in [-0.2, -0.15) is 0 Å². The molecule has 0 fully saturated rings. The van der Waals surface area contributed by atoms with Crippen LogP contribution in [-0.2, 0) is 6.54 Å². The third-order valence-electron chi connectivity index (χ3n) is 3.27. The average molecular weight is 282 g/mol. The van der Waals surface area contributed by atoms with E-state index in [0.717, 1.165) is 49.0 Å². The smallest absolute Gasteiger partial charge is 0.175 e. The fourth-order valence-electron chi connectivity index (χ4n) is 2.13. The molecule has 5 nitrogen and oxygen atoms in total. The Bertz CT molecular complexity index is 626. The van der Waals surface area contributed by atoms with Crippen LogP contribution in [0.15, 0.2) is 51.1 Å². The van der Waals surface area contributed by atoms with E-state index in [1.165, 1.54) is 5.56 Å². The lowest BCUT2D eigenvalue weighted by Gasteiger charge is -2.14. The van der Waals surface area contributed by atoms with E-state index in [9.17, 15) is 0 Å². The van der Waals surface area contributed by atoms with Crippen LogP contribution in [0, 0.1) is 0 Å². The number of rotatable bonds is 6. The summed E-state index contributed by atoms with van der Waals surface area (Å²) in [5.74, 6) is 1.65. The standard InChI is InChI=1S/C16H18N4O/c1-2-7-21-14-5-3-12(4-6-14)9-17-13-8-15-16(18-10-13)20-11-19-15/h3-6,10-11,17H,2,7-9H2,1H3. The maximum Gasteiger partial charge on any atom is 0.175 e. The molecule has 1 N–H and O–H groups in total. The summed E-state index contributed by atoms with van der Waals surface area (Å²) in [5.41, 5.74) is 3.21. The Morgan fingerprint density at radius 2 is 2.05 bits per heavy atom. The van der Waals surface area contributed by atoms with Crippen molar-refractivity contribution in [3.05, 3.63) is 41.7 Å². The molecule has 2 aliphatic rings. The zero-order chi connectivity index (χ0) is 14.5. The molecule has 3 rings (SSSR count). The summed E-state index contributed by atoms with van der Waals surface area (Å²) in [7, 11) is 0. The quantitative estimate of drug-likeness (QED) is 0.872. The zero-order valence-electron chi connectivity index (χ0n) is 12.0. The molecule has 1 aromatic rings. The largest absolute Gasteiger partial charge is 0.494 e. The van der Waals surface area contributed by atoms with Gasteiger partial charge in [0.25, 0.3) is 0 Å². The molecule has 1 aromatic carbocycles. The highest BCUT2D eigenvalue weighted by atomic mass is 16.5. The molecule has 0 saturated carbocycles. The topological polar surface area (TPSA) is 58.3 Å². The van der Waals surface area contributed by atoms with Crippen LogP contribution in [0.5, 0.6) is 5.75 Å². The van der Waals surface area contributed by atoms with Crippen molar-refractivity contribution in [3.63, 3.8) is 0 Å². The van der Waals surface area contributed by atoms with Crippen LogP contribution >= 0.6 is 0 Å². The fourth-order valence-corrected chi connectivity index (χ4v) is 2.13. The van der Waals surface area contributed by atoms with Gasteiger partial charge in [-0.3, -0.25) is 0 Å². The molecular formula is C16H18N4O. The van der Waals surface area contributed by atoms with Gasteiger partial charge in [0.15, 0.2) is 5.84 Å². The van der Waals surface area contributed by atoms with Gasteiger partial charge in [-0.15, -0.1) is 0 Å². The number of aliphatic imine (C=N–C) groups is 3. The SMILES string of the molecule is CCCOc1ccc(CNC2=CN=C3N=CN=C3C2)cc1. The predicted molar refractivity (Wildman–Crippen MR) is 85.1 cm³/mol. The molecule has 0 spiro atoms. The number of amidine groups is 1. The average Bonchev–Trinajstić information content (AvgIpc) is 2.99. The highest BCUT2D eigenvalue weighted by Crippen LogP contribution is 2.15. The van der Waals surface area contributed by atoms with Crippen molar-refractivity contribution in [2.45, 2.75) is 26.3 Å². The number of hydrogen-bond donors (Lipinski definition) is 1. The monoisotopic (exact) mass is 282 g/mol. The fraction of sp³-hybridized carbons (Fsp3) is 0.312. The van der Waals surface area contributed by atoms with Crippen molar-refractivity contribution in [2.75, 3.05) is 6.61 Å². The first-order valence-corrected chi connectivity index (χ1v) is 7.17. The van der Waals surface area contributed by atoms with Crippen LogP contribution in [-0.4, -0.2) is 24.5 Å². The van der Waals surface area contributed by atoms with E-state index in [0.29, 0.717) is 0 Å². The molecule has 0 saturated heterocycles. The number of fused-ring (bicyclic) bond motifs is 1. The predicted octanol–water partition coefficient (Wildman–Crippen LogP) is 2.69. The van der Waals surface area contributed by atoms with Gasteiger partial charge in [-0.25, -0.2) is 15.0 Å². The lowest BCUT2D eigenvalue weighted by atomic mass is 10.1. The number of benzene rings is 1. The molecule has 108 valence electrons. The van der Waals surface area contributed by atoms with Crippen molar-refractivity contribution in [2.24, 2.45) is 15.0 Å². The minimum Gasteiger partial charge on any atom is -0.494 e. The van der Waals surface area contributed by atoms with Crippen LogP contribution in [0.25, 0.3) is 0 Å². The zero-order valence-corrected chi connectivity index (χ0v) is 12.0. The Morgan fingerprint density at radius 3 is 2.86 bits per heavy atom. The number of nitrogens with one attached hydrogen (secondary N) is 1. The van der Waals surface area contributed by atoms with Gasteiger partial charge in [-0.1, -0.05) is 19.1 Å². The van der Waals surface area contributed by atoms with Gasteiger partial charge in [0.1, 0.15) is 12.1 Å². The molecule has 21 heavy (non-hydrogen) atoms. The second kappa shape index (κ2) is 6.35. The molecule has 0 atom stereocenters. The number of ether oxygens (including phenoxy) is 1. The normalized spacial score (nSPS) is 16.0. The van der Waals surface area contributed by atoms with Crippen molar-refractivity contribution in [1.82, 2.24) is 5.32 Å². The van der Waals surface area contributed by atoms with E-state index in [-0.39, 0.29) is 0 Å². The maximum absolute atomic E-state index is 5.57. The Hall–Kier alpha value is -2.43. The van der Waals surface area contributed by atoms with Crippen molar-refractivity contribution in [1.29, 1.82) is 0 Å². The Morgan fingerprint density at radius 1 is 1.19 bits per heavy atom. The Balaban J connectivity index is 1.54. The minimum absolute atomic E-state index is 0.734. The Kier molecular flexibility index (Phi) is 4.09. The van der Waals surface area contributed by atoms with Gasteiger partial charge in [-0.05, 0) is 24.1 Å². The van der Waals surface area contributed by atoms with Gasteiger partial charge in [0.05, 0.1) is 12.3 Å². The first-order chi connectivity index (χ1) is 10.3.